The predicted molar refractivity (Wildman–Crippen MR) is 79.3 cm³/mol. The lowest BCUT2D eigenvalue weighted by atomic mass is 10.1. The average molecular weight is 339 g/mol. The number of nitrogens with one attached hydrogen (secondary N) is 1. The van der Waals surface area contributed by atoms with Crippen LogP contribution in [-0.4, -0.2) is 4.92 Å². The molecule has 0 aliphatic heterocycles. The van der Waals surface area contributed by atoms with Crippen molar-refractivity contribution in [3.05, 3.63) is 67.9 Å². The van der Waals surface area contributed by atoms with Gasteiger partial charge < -0.3 is 5.32 Å². The lowest BCUT2D eigenvalue weighted by Crippen LogP contribution is -2.03. The van der Waals surface area contributed by atoms with Gasteiger partial charge in [0.1, 0.15) is 10.3 Å². The van der Waals surface area contributed by atoms with E-state index >= 15 is 0 Å². The van der Waals surface area contributed by atoms with E-state index in [1.54, 1.807) is 24.3 Å². The fourth-order valence-electron chi connectivity index (χ4n) is 1.81. The van der Waals surface area contributed by atoms with E-state index < -0.39 is 4.92 Å². The van der Waals surface area contributed by atoms with Gasteiger partial charge in [-0.3, -0.25) is 10.1 Å². The number of benzene rings is 2. The monoisotopic (exact) mass is 338 g/mol. The number of nitro benzene ring substituents is 1. The van der Waals surface area contributed by atoms with Gasteiger partial charge in [0.05, 0.1) is 10.6 Å². The molecular weight excluding hydrogens is 327 g/mol. The highest BCUT2D eigenvalue weighted by molar-refractivity contribution is 9.10. The smallest absolute Gasteiger partial charge is 0.283 e. The van der Waals surface area contributed by atoms with Gasteiger partial charge >= 0.3 is 0 Å². The van der Waals surface area contributed by atoms with E-state index in [2.05, 4.69) is 21.2 Å². The van der Waals surface area contributed by atoms with Gasteiger partial charge in [-0.05, 0) is 46.1 Å². The van der Waals surface area contributed by atoms with Crippen LogP contribution in [0.25, 0.3) is 0 Å². The van der Waals surface area contributed by atoms with Gasteiger partial charge in [0, 0.05) is 12.6 Å². The SMILES string of the molecule is Cc1ccc(F)c(NCc2cccc([N+](=O)[O-])c2Br)c1. The third kappa shape index (κ3) is 3.14. The van der Waals surface area contributed by atoms with Crippen LogP contribution in [0.15, 0.2) is 40.9 Å². The molecule has 0 bridgehead atoms. The zero-order chi connectivity index (χ0) is 14.7. The minimum absolute atomic E-state index is 0.00554. The Balaban J connectivity index is 2.21. The van der Waals surface area contributed by atoms with E-state index in [1.165, 1.54) is 12.1 Å². The molecule has 0 unspecified atom stereocenters. The van der Waals surface area contributed by atoms with E-state index in [-0.39, 0.29) is 11.5 Å². The van der Waals surface area contributed by atoms with Crippen LogP contribution in [0.2, 0.25) is 0 Å². The van der Waals surface area contributed by atoms with Crippen molar-refractivity contribution in [2.24, 2.45) is 0 Å². The van der Waals surface area contributed by atoms with Crippen molar-refractivity contribution in [3.63, 3.8) is 0 Å². The molecule has 20 heavy (non-hydrogen) atoms. The Kier molecular flexibility index (Phi) is 4.34. The number of halogens is 2. The Bertz CT molecular complexity index is 662. The maximum absolute atomic E-state index is 13.6. The van der Waals surface area contributed by atoms with Crippen LogP contribution in [0, 0.1) is 22.9 Å². The fourth-order valence-corrected chi connectivity index (χ4v) is 2.36. The standard InChI is InChI=1S/C14H12BrFN2O2/c1-9-5-6-11(16)12(7-9)17-8-10-3-2-4-13(14(10)15)18(19)20/h2-7,17H,8H2,1H3. The van der Waals surface area contributed by atoms with Crippen LogP contribution in [-0.2, 0) is 6.54 Å². The summed E-state index contributed by atoms with van der Waals surface area (Å²) in [5.41, 5.74) is 2.00. The molecule has 0 fully saturated rings. The third-order valence-corrected chi connectivity index (χ3v) is 3.76. The van der Waals surface area contributed by atoms with Gasteiger partial charge in [0.2, 0.25) is 0 Å². The minimum atomic E-state index is -0.458. The minimum Gasteiger partial charge on any atom is -0.379 e. The number of nitrogens with zero attached hydrogens (tertiary/aromatic N) is 1. The normalized spacial score (nSPS) is 10.3. The highest BCUT2D eigenvalue weighted by Gasteiger charge is 2.14. The fraction of sp³-hybridized carbons (Fsp3) is 0.143. The molecule has 0 radical (unpaired) electrons. The van der Waals surface area contributed by atoms with E-state index in [1.807, 2.05) is 6.92 Å². The summed E-state index contributed by atoms with van der Waals surface area (Å²) in [5.74, 6) is -0.350. The molecule has 2 aromatic carbocycles. The summed E-state index contributed by atoms with van der Waals surface area (Å²) in [7, 11) is 0. The van der Waals surface area contributed by atoms with Crippen molar-refractivity contribution < 1.29 is 9.31 Å². The molecule has 4 nitrogen and oxygen atoms in total. The molecule has 2 rings (SSSR count). The molecule has 0 atom stereocenters. The Labute approximate surface area is 123 Å². The first-order chi connectivity index (χ1) is 9.49. The Morgan fingerprint density at radius 3 is 2.80 bits per heavy atom. The summed E-state index contributed by atoms with van der Waals surface area (Å²) in [6, 6.07) is 9.54. The molecule has 0 saturated carbocycles. The molecule has 0 amide bonds. The topological polar surface area (TPSA) is 55.2 Å². The lowest BCUT2D eigenvalue weighted by molar-refractivity contribution is -0.385. The van der Waals surface area contributed by atoms with Crippen LogP contribution >= 0.6 is 15.9 Å². The van der Waals surface area contributed by atoms with Crippen LogP contribution in [0.4, 0.5) is 15.8 Å². The molecule has 0 spiro atoms. The van der Waals surface area contributed by atoms with Gasteiger partial charge in [0.15, 0.2) is 0 Å². The number of anilines is 1. The van der Waals surface area contributed by atoms with Gasteiger partial charge in [-0.1, -0.05) is 18.2 Å². The number of nitro groups is 1. The zero-order valence-electron chi connectivity index (χ0n) is 10.7. The number of aryl methyl sites for hydroxylation is 1. The quantitative estimate of drug-likeness (QED) is 0.663. The first-order valence-electron chi connectivity index (χ1n) is 5.91. The molecule has 0 heterocycles. The van der Waals surface area contributed by atoms with Gasteiger partial charge in [-0.2, -0.15) is 0 Å². The molecule has 6 heteroatoms. The van der Waals surface area contributed by atoms with Crippen LogP contribution in [0.3, 0.4) is 0 Å². The van der Waals surface area contributed by atoms with Gasteiger partial charge in [-0.25, -0.2) is 4.39 Å². The summed E-state index contributed by atoms with van der Waals surface area (Å²) < 4.78 is 14.0. The second-order valence-corrected chi connectivity index (χ2v) is 5.14. The summed E-state index contributed by atoms with van der Waals surface area (Å²) in [5, 5.41) is 13.8. The average Bonchev–Trinajstić information content (AvgIpc) is 2.41. The van der Waals surface area contributed by atoms with Crippen molar-refractivity contribution in [1.82, 2.24) is 0 Å². The summed E-state index contributed by atoms with van der Waals surface area (Å²) >= 11 is 3.21. The largest absolute Gasteiger partial charge is 0.379 e. The summed E-state index contributed by atoms with van der Waals surface area (Å²) in [6.45, 7) is 2.16. The van der Waals surface area contributed by atoms with E-state index in [0.717, 1.165) is 5.56 Å². The van der Waals surface area contributed by atoms with Gasteiger partial charge in [0.25, 0.3) is 5.69 Å². The molecule has 1 N–H and O–H groups in total. The molecular formula is C14H12BrFN2O2. The number of hydrogen-bond acceptors (Lipinski definition) is 3. The van der Waals surface area contributed by atoms with Gasteiger partial charge in [-0.15, -0.1) is 0 Å². The number of rotatable bonds is 4. The number of hydrogen-bond donors (Lipinski definition) is 1. The molecule has 0 saturated heterocycles. The second-order valence-electron chi connectivity index (χ2n) is 4.34. The Morgan fingerprint density at radius 2 is 2.10 bits per heavy atom. The summed E-state index contributed by atoms with van der Waals surface area (Å²) in [4.78, 5) is 10.4. The second kappa shape index (κ2) is 6.00. The lowest BCUT2D eigenvalue weighted by Gasteiger charge is -2.10. The molecule has 0 aromatic heterocycles. The molecule has 0 aliphatic carbocycles. The van der Waals surface area contributed by atoms with Crippen molar-refractivity contribution in [1.29, 1.82) is 0 Å². The Hall–Kier alpha value is -1.95. The zero-order valence-corrected chi connectivity index (χ0v) is 12.3. The summed E-state index contributed by atoms with van der Waals surface area (Å²) in [6.07, 6.45) is 0. The van der Waals surface area contributed by atoms with Crippen molar-refractivity contribution in [2.45, 2.75) is 13.5 Å². The van der Waals surface area contributed by atoms with E-state index in [0.29, 0.717) is 22.3 Å². The van der Waals surface area contributed by atoms with E-state index in [4.69, 9.17) is 0 Å². The maximum Gasteiger partial charge on any atom is 0.283 e. The van der Waals surface area contributed by atoms with E-state index in [9.17, 15) is 14.5 Å². The third-order valence-electron chi connectivity index (χ3n) is 2.85. The highest BCUT2D eigenvalue weighted by Crippen LogP contribution is 2.29. The van der Waals surface area contributed by atoms with Crippen molar-refractivity contribution >= 4 is 27.3 Å². The highest BCUT2D eigenvalue weighted by atomic mass is 79.9. The molecule has 0 aliphatic rings. The first-order valence-corrected chi connectivity index (χ1v) is 6.70. The molecule has 104 valence electrons. The van der Waals surface area contributed by atoms with Crippen LogP contribution in [0.1, 0.15) is 11.1 Å². The van der Waals surface area contributed by atoms with Crippen molar-refractivity contribution in [3.8, 4) is 0 Å². The Morgan fingerprint density at radius 1 is 1.35 bits per heavy atom. The molecule has 2 aromatic rings. The van der Waals surface area contributed by atoms with Crippen molar-refractivity contribution in [2.75, 3.05) is 5.32 Å². The first kappa shape index (κ1) is 14.5. The van der Waals surface area contributed by atoms with Crippen LogP contribution < -0.4 is 5.32 Å². The predicted octanol–water partition coefficient (Wildman–Crippen LogP) is 4.42. The maximum atomic E-state index is 13.6. The van der Waals surface area contributed by atoms with Crippen LogP contribution in [0.5, 0.6) is 0 Å².